The van der Waals surface area contributed by atoms with Crippen LogP contribution in [0.3, 0.4) is 0 Å². The number of benzene rings is 2. The molecule has 0 bridgehead atoms. The Labute approximate surface area is 117 Å². The second-order valence-electron chi connectivity index (χ2n) is 4.61. The molecule has 4 heteroatoms. The number of carbonyl (C=O) groups excluding carboxylic acids is 1. The summed E-state index contributed by atoms with van der Waals surface area (Å²) in [5.41, 5.74) is 2.81. The number of rotatable bonds is 3. The van der Waals surface area contributed by atoms with Gasteiger partial charge in [0, 0.05) is 12.4 Å². The van der Waals surface area contributed by atoms with Gasteiger partial charge in [-0.15, -0.1) is 0 Å². The smallest absolute Gasteiger partial charge is 0.251 e. The van der Waals surface area contributed by atoms with E-state index in [9.17, 15) is 4.79 Å². The van der Waals surface area contributed by atoms with Crippen LogP contribution in [-0.4, -0.2) is 22.7 Å². The molecule has 1 aromatic heterocycles. The molecule has 0 radical (unpaired) electrons. The molecule has 0 aliphatic rings. The van der Waals surface area contributed by atoms with Crippen LogP contribution < -0.4 is 5.32 Å². The minimum Gasteiger partial charge on any atom is -0.355 e. The maximum absolute atomic E-state index is 11.8. The zero-order chi connectivity index (χ0) is 13.9. The molecule has 1 heterocycles. The fourth-order valence-electron chi connectivity index (χ4n) is 2.32. The zero-order valence-corrected chi connectivity index (χ0v) is 11.2. The van der Waals surface area contributed by atoms with E-state index in [1.165, 1.54) is 5.56 Å². The minimum absolute atomic E-state index is 0.0881. The Balaban J connectivity index is 2.04. The molecular formula is C16H15N3O. The molecular weight excluding hydrogens is 250 g/mol. The SMILES string of the molecule is CNC(=O)c1cccc2c1cnn2Cc1ccccc1. The van der Waals surface area contributed by atoms with E-state index in [1.807, 2.05) is 41.1 Å². The standard InChI is InChI=1S/C16H15N3O/c1-17-16(20)13-8-5-9-15-14(13)10-18-19(15)11-12-6-3-2-4-7-12/h2-10H,11H2,1H3,(H,17,20). The Morgan fingerprint density at radius 3 is 2.70 bits per heavy atom. The van der Waals surface area contributed by atoms with Gasteiger partial charge in [-0.05, 0) is 17.7 Å². The molecule has 0 saturated heterocycles. The van der Waals surface area contributed by atoms with E-state index in [-0.39, 0.29) is 5.91 Å². The van der Waals surface area contributed by atoms with E-state index in [4.69, 9.17) is 0 Å². The third-order valence-electron chi connectivity index (χ3n) is 3.33. The molecule has 20 heavy (non-hydrogen) atoms. The molecule has 0 fully saturated rings. The molecule has 1 amide bonds. The first-order chi connectivity index (χ1) is 9.79. The molecule has 0 aliphatic heterocycles. The Kier molecular flexibility index (Phi) is 3.21. The summed E-state index contributed by atoms with van der Waals surface area (Å²) in [5.74, 6) is -0.0881. The number of hydrogen-bond donors (Lipinski definition) is 1. The van der Waals surface area contributed by atoms with Crippen molar-refractivity contribution < 1.29 is 4.79 Å². The van der Waals surface area contributed by atoms with Crippen molar-refractivity contribution >= 4 is 16.8 Å². The highest BCUT2D eigenvalue weighted by atomic mass is 16.1. The third kappa shape index (κ3) is 2.16. The van der Waals surface area contributed by atoms with Gasteiger partial charge >= 0.3 is 0 Å². The van der Waals surface area contributed by atoms with E-state index < -0.39 is 0 Å². The number of fused-ring (bicyclic) bond motifs is 1. The van der Waals surface area contributed by atoms with Gasteiger partial charge in [-0.3, -0.25) is 9.48 Å². The Hall–Kier alpha value is -2.62. The highest BCUT2D eigenvalue weighted by Crippen LogP contribution is 2.19. The second kappa shape index (κ2) is 5.17. The van der Waals surface area contributed by atoms with Crippen LogP contribution in [0.4, 0.5) is 0 Å². The number of amides is 1. The number of hydrogen-bond acceptors (Lipinski definition) is 2. The summed E-state index contributed by atoms with van der Waals surface area (Å²) >= 11 is 0. The maximum atomic E-state index is 11.8. The average molecular weight is 265 g/mol. The molecule has 3 rings (SSSR count). The molecule has 0 unspecified atom stereocenters. The first kappa shape index (κ1) is 12.4. The fraction of sp³-hybridized carbons (Fsp3) is 0.125. The van der Waals surface area contributed by atoms with E-state index >= 15 is 0 Å². The lowest BCUT2D eigenvalue weighted by atomic mass is 10.1. The first-order valence-electron chi connectivity index (χ1n) is 6.50. The Bertz CT molecular complexity index is 747. The molecule has 0 saturated carbocycles. The largest absolute Gasteiger partial charge is 0.355 e. The first-order valence-corrected chi connectivity index (χ1v) is 6.50. The second-order valence-corrected chi connectivity index (χ2v) is 4.61. The van der Waals surface area contributed by atoms with Crippen molar-refractivity contribution in [2.45, 2.75) is 6.54 Å². The van der Waals surface area contributed by atoms with E-state index in [2.05, 4.69) is 22.5 Å². The number of nitrogens with one attached hydrogen (secondary N) is 1. The molecule has 3 aromatic rings. The summed E-state index contributed by atoms with van der Waals surface area (Å²) in [6.07, 6.45) is 1.75. The van der Waals surface area contributed by atoms with E-state index in [0.717, 1.165) is 10.9 Å². The van der Waals surface area contributed by atoms with Crippen molar-refractivity contribution in [3.63, 3.8) is 0 Å². The topological polar surface area (TPSA) is 46.9 Å². The minimum atomic E-state index is -0.0881. The van der Waals surface area contributed by atoms with Crippen molar-refractivity contribution in [3.8, 4) is 0 Å². The molecule has 0 aliphatic carbocycles. The van der Waals surface area contributed by atoms with Crippen molar-refractivity contribution in [3.05, 3.63) is 65.9 Å². The number of nitrogens with zero attached hydrogens (tertiary/aromatic N) is 2. The van der Waals surface area contributed by atoms with Gasteiger partial charge in [0.05, 0.1) is 23.8 Å². The molecule has 4 nitrogen and oxygen atoms in total. The van der Waals surface area contributed by atoms with Crippen LogP contribution in [0.15, 0.2) is 54.7 Å². The maximum Gasteiger partial charge on any atom is 0.251 e. The van der Waals surface area contributed by atoms with Crippen LogP contribution in [0, 0.1) is 0 Å². The summed E-state index contributed by atoms with van der Waals surface area (Å²) in [6.45, 7) is 0.696. The van der Waals surface area contributed by atoms with Crippen LogP contribution >= 0.6 is 0 Å². The van der Waals surface area contributed by atoms with Crippen LogP contribution in [0.5, 0.6) is 0 Å². The molecule has 1 N–H and O–H groups in total. The highest BCUT2D eigenvalue weighted by molar-refractivity contribution is 6.06. The van der Waals surface area contributed by atoms with Gasteiger partial charge in [0.1, 0.15) is 0 Å². The van der Waals surface area contributed by atoms with E-state index in [0.29, 0.717) is 12.1 Å². The Morgan fingerprint density at radius 2 is 1.95 bits per heavy atom. The lowest BCUT2D eigenvalue weighted by Gasteiger charge is -2.05. The van der Waals surface area contributed by atoms with Gasteiger partial charge in [-0.1, -0.05) is 36.4 Å². The Morgan fingerprint density at radius 1 is 1.15 bits per heavy atom. The fourth-order valence-corrected chi connectivity index (χ4v) is 2.32. The van der Waals surface area contributed by atoms with Crippen LogP contribution in [0.2, 0.25) is 0 Å². The lowest BCUT2D eigenvalue weighted by Crippen LogP contribution is -2.17. The van der Waals surface area contributed by atoms with E-state index in [1.54, 1.807) is 13.2 Å². The van der Waals surface area contributed by atoms with Gasteiger partial charge in [0.2, 0.25) is 0 Å². The van der Waals surface area contributed by atoms with Gasteiger partial charge in [0.15, 0.2) is 0 Å². The summed E-state index contributed by atoms with van der Waals surface area (Å²) in [7, 11) is 1.63. The summed E-state index contributed by atoms with van der Waals surface area (Å²) in [6, 6.07) is 15.8. The molecule has 2 aromatic carbocycles. The average Bonchev–Trinajstić information content (AvgIpc) is 2.91. The zero-order valence-electron chi connectivity index (χ0n) is 11.2. The quantitative estimate of drug-likeness (QED) is 0.790. The van der Waals surface area contributed by atoms with Crippen LogP contribution in [-0.2, 0) is 6.54 Å². The monoisotopic (exact) mass is 265 g/mol. The summed E-state index contributed by atoms with van der Waals surface area (Å²) in [4.78, 5) is 11.8. The van der Waals surface area contributed by atoms with Crippen LogP contribution in [0.1, 0.15) is 15.9 Å². The van der Waals surface area contributed by atoms with Crippen LogP contribution in [0.25, 0.3) is 10.9 Å². The van der Waals surface area contributed by atoms with Crippen molar-refractivity contribution in [1.29, 1.82) is 0 Å². The van der Waals surface area contributed by atoms with Gasteiger partial charge in [0.25, 0.3) is 5.91 Å². The predicted molar refractivity (Wildman–Crippen MR) is 78.7 cm³/mol. The highest BCUT2D eigenvalue weighted by Gasteiger charge is 2.11. The molecule has 0 spiro atoms. The normalized spacial score (nSPS) is 10.7. The molecule has 100 valence electrons. The van der Waals surface area contributed by atoms with Gasteiger partial charge in [-0.25, -0.2) is 0 Å². The summed E-state index contributed by atoms with van der Waals surface area (Å²) < 4.78 is 1.91. The third-order valence-corrected chi connectivity index (χ3v) is 3.33. The van der Waals surface area contributed by atoms with Crippen molar-refractivity contribution in [1.82, 2.24) is 15.1 Å². The van der Waals surface area contributed by atoms with Crippen molar-refractivity contribution in [2.75, 3.05) is 7.05 Å². The van der Waals surface area contributed by atoms with Gasteiger partial charge < -0.3 is 5.32 Å². The van der Waals surface area contributed by atoms with Crippen molar-refractivity contribution in [2.24, 2.45) is 0 Å². The summed E-state index contributed by atoms with van der Waals surface area (Å²) in [5, 5.41) is 7.94. The predicted octanol–water partition coefficient (Wildman–Crippen LogP) is 2.44. The lowest BCUT2D eigenvalue weighted by molar-refractivity contribution is 0.0964. The number of carbonyl (C=O) groups is 1. The molecule has 0 atom stereocenters. The number of aromatic nitrogens is 2. The van der Waals surface area contributed by atoms with Gasteiger partial charge in [-0.2, -0.15) is 5.10 Å².